The van der Waals surface area contributed by atoms with Gasteiger partial charge in [0.25, 0.3) is 5.91 Å². The van der Waals surface area contributed by atoms with Gasteiger partial charge in [-0.3, -0.25) is 4.79 Å². The zero-order valence-electron chi connectivity index (χ0n) is 18.5. The lowest BCUT2D eigenvalue weighted by Gasteiger charge is -2.11. The zero-order valence-corrected chi connectivity index (χ0v) is 18.5. The molecule has 0 spiro atoms. The van der Waals surface area contributed by atoms with Crippen LogP contribution in [-0.2, 0) is 0 Å². The molecule has 34 heavy (non-hydrogen) atoms. The van der Waals surface area contributed by atoms with Crippen molar-refractivity contribution in [2.45, 2.75) is 25.7 Å². The standard InChI is InChI=1S/C25H22FN7O/c1-15-23-17(25(34)30-12-11-28-20-6-4-5-19(26)18(20)14-27)13-21(16-8-9-16)31-24(23)33(32-15)22-7-2-3-10-29-22/h2-7,10,13,16,28H,8-9,11-12H2,1H3,(H,30,34). The van der Waals surface area contributed by atoms with E-state index in [0.717, 1.165) is 18.5 Å². The van der Waals surface area contributed by atoms with E-state index in [1.807, 2.05) is 37.3 Å². The van der Waals surface area contributed by atoms with E-state index >= 15 is 0 Å². The summed E-state index contributed by atoms with van der Waals surface area (Å²) in [5, 5.41) is 20.4. The maximum absolute atomic E-state index is 13.8. The number of hydrogen-bond acceptors (Lipinski definition) is 6. The molecule has 3 aromatic heterocycles. The normalized spacial score (nSPS) is 13.0. The number of fused-ring (bicyclic) bond motifs is 1. The first-order valence-electron chi connectivity index (χ1n) is 11.1. The van der Waals surface area contributed by atoms with Crippen LogP contribution in [0.1, 0.15) is 46.1 Å². The molecule has 0 bridgehead atoms. The van der Waals surface area contributed by atoms with Gasteiger partial charge < -0.3 is 10.6 Å². The first-order valence-corrected chi connectivity index (χ1v) is 11.1. The average molecular weight is 455 g/mol. The fourth-order valence-electron chi connectivity index (χ4n) is 3.97. The third kappa shape index (κ3) is 4.06. The number of anilines is 1. The maximum Gasteiger partial charge on any atom is 0.252 e. The Morgan fingerprint density at radius 3 is 2.82 bits per heavy atom. The monoisotopic (exact) mass is 455 g/mol. The predicted octanol–water partition coefficient (Wildman–Crippen LogP) is 3.85. The summed E-state index contributed by atoms with van der Waals surface area (Å²) in [6.45, 7) is 2.47. The summed E-state index contributed by atoms with van der Waals surface area (Å²) in [6, 6.07) is 13.7. The molecular formula is C25H22FN7O. The lowest BCUT2D eigenvalue weighted by Crippen LogP contribution is -2.29. The molecule has 2 N–H and O–H groups in total. The molecule has 1 amide bonds. The van der Waals surface area contributed by atoms with E-state index in [1.54, 1.807) is 16.9 Å². The van der Waals surface area contributed by atoms with Gasteiger partial charge in [0, 0.05) is 30.9 Å². The van der Waals surface area contributed by atoms with E-state index in [1.165, 1.54) is 12.1 Å². The van der Waals surface area contributed by atoms with Crippen molar-refractivity contribution in [1.29, 1.82) is 5.26 Å². The highest BCUT2D eigenvalue weighted by Crippen LogP contribution is 2.40. The topological polar surface area (TPSA) is 109 Å². The average Bonchev–Trinajstić information content (AvgIpc) is 3.65. The van der Waals surface area contributed by atoms with Crippen LogP contribution < -0.4 is 10.6 Å². The Hall–Kier alpha value is -4.32. The largest absolute Gasteiger partial charge is 0.382 e. The van der Waals surface area contributed by atoms with Gasteiger partial charge in [-0.05, 0) is 50.1 Å². The summed E-state index contributed by atoms with van der Waals surface area (Å²) >= 11 is 0. The summed E-state index contributed by atoms with van der Waals surface area (Å²) in [4.78, 5) is 22.4. The highest BCUT2D eigenvalue weighted by molar-refractivity contribution is 6.06. The predicted molar refractivity (Wildman–Crippen MR) is 125 cm³/mol. The molecule has 4 aromatic rings. The number of rotatable bonds is 7. The number of nitrogens with one attached hydrogen (secondary N) is 2. The molecule has 1 aliphatic carbocycles. The molecule has 0 aliphatic heterocycles. The van der Waals surface area contributed by atoms with E-state index in [4.69, 9.17) is 10.2 Å². The van der Waals surface area contributed by atoms with E-state index < -0.39 is 5.82 Å². The molecule has 1 aromatic carbocycles. The number of aromatic nitrogens is 4. The lowest BCUT2D eigenvalue weighted by molar-refractivity contribution is 0.0956. The second-order valence-corrected chi connectivity index (χ2v) is 8.21. The fourth-order valence-corrected chi connectivity index (χ4v) is 3.97. The molecule has 0 radical (unpaired) electrons. The molecule has 0 atom stereocenters. The van der Waals surface area contributed by atoms with E-state index in [2.05, 4.69) is 20.7 Å². The molecule has 1 aliphatic rings. The Morgan fingerprint density at radius 1 is 1.24 bits per heavy atom. The van der Waals surface area contributed by atoms with Gasteiger partial charge in [-0.15, -0.1) is 0 Å². The molecule has 1 fully saturated rings. The molecule has 8 nitrogen and oxygen atoms in total. The minimum absolute atomic E-state index is 0.0451. The summed E-state index contributed by atoms with van der Waals surface area (Å²) in [6.07, 6.45) is 3.80. The Labute approximate surface area is 195 Å². The number of nitriles is 1. The molecular weight excluding hydrogens is 433 g/mol. The van der Waals surface area contributed by atoms with Gasteiger partial charge in [0.2, 0.25) is 0 Å². The van der Waals surface area contributed by atoms with E-state index in [-0.39, 0.29) is 18.0 Å². The number of halogens is 1. The van der Waals surface area contributed by atoms with Crippen LogP contribution in [0.3, 0.4) is 0 Å². The first-order chi connectivity index (χ1) is 16.6. The van der Waals surface area contributed by atoms with Crippen molar-refractivity contribution < 1.29 is 9.18 Å². The third-order valence-corrected chi connectivity index (χ3v) is 5.79. The summed E-state index contributed by atoms with van der Waals surface area (Å²) in [5.41, 5.74) is 3.06. The minimum atomic E-state index is -0.580. The lowest BCUT2D eigenvalue weighted by atomic mass is 10.1. The van der Waals surface area contributed by atoms with Gasteiger partial charge in [0.1, 0.15) is 17.4 Å². The van der Waals surface area contributed by atoms with Crippen molar-refractivity contribution >= 4 is 22.6 Å². The van der Waals surface area contributed by atoms with Crippen molar-refractivity contribution in [3.8, 4) is 11.9 Å². The van der Waals surface area contributed by atoms with Crippen LogP contribution >= 0.6 is 0 Å². The van der Waals surface area contributed by atoms with Crippen molar-refractivity contribution in [1.82, 2.24) is 25.1 Å². The number of aryl methyl sites for hydroxylation is 1. The smallest absolute Gasteiger partial charge is 0.252 e. The molecule has 0 saturated heterocycles. The number of carbonyl (C=O) groups is 1. The Morgan fingerprint density at radius 2 is 2.09 bits per heavy atom. The van der Waals surface area contributed by atoms with Crippen LogP contribution in [0.5, 0.6) is 0 Å². The van der Waals surface area contributed by atoms with Crippen LogP contribution in [0.25, 0.3) is 16.9 Å². The molecule has 9 heteroatoms. The van der Waals surface area contributed by atoms with Crippen LogP contribution in [0.15, 0.2) is 48.7 Å². The molecule has 3 heterocycles. The van der Waals surface area contributed by atoms with Gasteiger partial charge in [-0.1, -0.05) is 12.1 Å². The maximum atomic E-state index is 13.8. The zero-order chi connectivity index (χ0) is 23.7. The highest BCUT2D eigenvalue weighted by atomic mass is 19.1. The van der Waals surface area contributed by atoms with Gasteiger partial charge in [-0.25, -0.2) is 14.4 Å². The van der Waals surface area contributed by atoms with Gasteiger partial charge in [0.15, 0.2) is 11.5 Å². The highest BCUT2D eigenvalue weighted by Gasteiger charge is 2.29. The Bertz CT molecular complexity index is 1420. The fraction of sp³-hybridized carbons (Fsp3) is 0.240. The van der Waals surface area contributed by atoms with Crippen LogP contribution in [0, 0.1) is 24.1 Å². The van der Waals surface area contributed by atoms with Crippen molar-refractivity contribution in [2.24, 2.45) is 0 Å². The Kier molecular flexibility index (Phi) is 5.64. The summed E-state index contributed by atoms with van der Waals surface area (Å²) < 4.78 is 15.5. The first kappa shape index (κ1) is 21.5. The summed E-state index contributed by atoms with van der Waals surface area (Å²) in [5.74, 6) is 0.172. The second kappa shape index (κ2) is 8.90. The van der Waals surface area contributed by atoms with E-state index in [0.29, 0.717) is 46.3 Å². The van der Waals surface area contributed by atoms with Crippen LogP contribution in [-0.4, -0.2) is 38.7 Å². The second-order valence-electron chi connectivity index (χ2n) is 8.21. The number of hydrogen-bond donors (Lipinski definition) is 2. The number of nitrogens with zero attached hydrogens (tertiary/aromatic N) is 5. The van der Waals surface area contributed by atoms with Gasteiger partial charge in [0.05, 0.1) is 22.3 Å². The number of pyridine rings is 2. The SMILES string of the molecule is Cc1nn(-c2ccccn2)c2nc(C3CC3)cc(C(=O)NCCNc3cccc(F)c3C#N)c12. The molecule has 5 rings (SSSR count). The van der Waals surface area contributed by atoms with Crippen molar-refractivity contribution in [3.63, 3.8) is 0 Å². The van der Waals surface area contributed by atoms with Crippen molar-refractivity contribution in [3.05, 3.63) is 77.0 Å². The molecule has 170 valence electrons. The van der Waals surface area contributed by atoms with Crippen LogP contribution in [0.2, 0.25) is 0 Å². The van der Waals surface area contributed by atoms with E-state index in [9.17, 15) is 9.18 Å². The molecule has 0 unspecified atom stereocenters. The quantitative estimate of drug-likeness (QED) is 0.410. The van der Waals surface area contributed by atoms with Gasteiger partial charge in [-0.2, -0.15) is 15.0 Å². The molecule has 1 saturated carbocycles. The summed E-state index contributed by atoms with van der Waals surface area (Å²) in [7, 11) is 0. The van der Waals surface area contributed by atoms with Gasteiger partial charge >= 0.3 is 0 Å². The Balaban J connectivity index is 1.40. The van der Waals surface area contributed by atoms with Crippen molar-refractivity contribution in [2.75, 3.05) is 18.4 Å². The number of benzene rings is 1. The third-order valence-electron chi connectivity index (χ3n) is 5.79. The van der Waals surface area contributed by atoms with Crippen LogP contribution in [0.4, 0.5) is 10.1 Å². The minimum Gasteiger partial charge on any atom is -0.382 e. The number of amides is 1. The number of carbonyl (C=O) groups excluding carboxylic acids is 1.